The lowest BCUT2D eigenvalue weighted by Gasteiger charge is -2.11. The van der Waals surface area contributed by atoms with Crippen LogP contribution in [-0.4, -0.2) is 7.11 Å². The topological polar surface area (TPSA) is 61.3 Å². The van der Waals surface area contributed by atoms with E-state index in [-0.39, 0.29) is 6.04 Å². The van der Waals surface area contributed by atoms with Crippen LogP contribution in [0, 0.1) is 0 Å². The zero-order valence-corrected chi connectivity index (χ0v) is 8.08. The molecule has 0 aliphatic rings. The van der Waals surface area contributed by atoms with Crippen molar-refractivity contribution in [3.63, 3.8) is 0 Å². The first-order valence-electron chi connectivity index (χ1n) is 4.38. The van der Waals surface area contributed by atoms with Crippen molar-refractivity contribution < 1.29 is 4.74 Å². The molecule has 0 bridgehead atoms. The highest BCUT2D eigenvalue weighted by Crippen LogP contribution is 2.25. The standard InChI is InChI=1S/C10H16N2O/c1-3-8(11)7-4-5-10(13-2)9(12)6-7/h4-6,8H,3,11-12H2,1-2H3/t8-/m0/s1. The number of benzene rings is 1. The van der Waals surface area contributed by atoms with Gasteiger partial charge in [-0.3, -0.25) is 0 Å². The summed E-state index contributed by atoms with van der Waals surface area (Å²) in [6.45, 7) is 2.05. The number of hydrogen-bond acceptors (Lipinski definition) is 3. The molecule has 72 valence electrons. The summed E-state index contributed by atoms with van der Waals surface area (Å²) in [7, 11) is 1.60. The average Bonchev–Trinajstić information content (AvgIpc) is 2.16. The first kappa shape index (κ1) is 9.86. The summed E-state index contributed by atoms with van der Waals surface area (Å²) in [5.74, 6) is 0.701. The molecule has 1 atom stereocenters. The molecule has 1 aromatic carbocycles. The summed E-state index contributed by atoms with van der Waals surface area (Å²) >= 11 is 0. The van der Waals surface area contributed by atoms with Crippen LogP contribution in [0.3, 0.4) is 0 Å². The van der Waals surface area contributed by atoms with Crippen LogP contribution in [0.2, 0.25) is 0 Å². The van der Waals surface area contributed by atoms with Gasteiger partial charge in [-0.05, 0) is 24.1 Å². The largest absolute Gasteiger partial charge is 0.495 e. The minimum absolute atomic E-state index is 0.0632. The van der Waals surface area contributed by atoms with E-state index in [1.54, 1.807) is 7.11 Å². The molecule has 3 heteroatoms. The third kappa shape index (κ3) is 2.12. The van der Waals surface area contributed by atoms with Crippen LogP contribution in [-0.2, 0) is 0 Å². The Balaban J connectivity index is 2.95. The Labute approximate surface area is 78.7 Å². The van der Waals surface area contributed by atoms with Crippen LogP contribution in [0.4, 0.5) is 5.69 Å². The molecular weight excluding hydrogens is 164 g/mol. The van der Waals surface area contributed by atoms with Gasteiger partial charge in [0.15, 0.2) is 0 Å². The smallest absolute Gasteiger partial charge is 0.141 e. The average molecular weight is 180 g/mol. The number of hydrogen-bond donors (Lipinski definition) is 2. The van der Waals surface area contributed by atoms with E-state index in [0.717, 1.165) is 12.0 Å². The lowest BCUT2D eigenvalue weighted by atomic mass is 10.0. The zero-order valence-electron chi connectivity index (χ0n) is 8.08. The van der Waals surface area contributed by atoms with E-state index >= 15 is 0 Å². The van der Waals surface area contributed by atoms with Crippen molar-refractivity contribution in [3.05, 3.63) is 23.8 Å². The van der Waals surface area contributed by atoms with Gasteiger partial charge in [0.1, 0.15) is 5.75 Å². The maximum Gasteiger partial charge on any atom is 0.141 e. The molecule has 3 nitrogen and oxygen atoms in total. The predicted octanol–water partition coefficient (Wildman–Crippen LogP) is 1.69. The Bertz CT molecular complexity index is 286. The van der Waals surface area contributed by atoms with Crippen molar-refractivity contribution in [2.45, 2.75) is 19.4 Å². The molecule has 1 aromatic rings. The number of rotatable bonds is 3. The van der Waals surface area contributed by atoms with E-state index in [4.69, 9.17) is 16.2 Å². The van der Waals surface area contributed by atoms with Gasteiger partial charge in [-0.25, -0.2) is 0 Å². The van der Waals surface area contributed by atoms with E-state index in [1.165, 1.54) is 0 Å². The number of ether oxygens (including phenoxy) is 1. The molecule has 0 heterocycles. The lowest BCUT2D eigenvalue weighted by molar-refractivity contribution is 0.416. The third-order valence-electron chi connectivity index (χ3n) is 2.12. The first-order chi connectivity index (χ1) is 6.19. The molecule has 0 radical (unpaired) electrons. The molecule has 0 fully saturated rings. The van der Waals surface area contributed by atoms with Crippen molar-refractivity contribution in [2.24, 2.45) is 5.73 Å². The van der Waals surface area contributed by atoms with E-state index in [1.807, 2.05) is 25.1 Å². The summed E-state index contributed by atoms with van der Waals surface area (Å²) in [5, 5.41) is 0. The second-order valence-corrected chi connectivity index (χ2v) is 3.02. The Kier molecular flexibility index (Phi) is 3.14. The molecule has 0 unspecified atom stereocenters. The number of nitrogen functional groups attached to an aromatic ring is 1. The summed E-state index contributed by atoms with van der Waals surface area (Å²) in [5.41, 5.74) is 13.3. The number of nitrogens with two attached hydrogens (primary N) is 2. The zero-order chi connectivity index (χ0) is 9.84. The molecule has 0 spiro atoms. The van der Waals surface area contributed by atoms with Gasteiger partial charge >= 0.3 is 0 Å². The highest BCUT2D eigenvalue weighted by Gasteiger charge is 2.05. The second-order valence-electron chi connectivity index (χ2n) is 3.02. The van der Waals surface area contributed by atoms with Gasteiger partial charge in [0, 0.05) is 6.04 Å². The minimum Gasteiger partial charge on any atom is -0.495 e. The highest BCUT2D eigenvalue weighted by molar-refractivity contribution is 5.54. The van der Waals surface area contributed by atoms with Crippen LogP contribution in [0.5, 0.6) is 5.75 Å². The fraction of sp³-hybridized carbons (Fsp3) is 0.400. The van der Waals surface area contributed by atoms with Crippen LogP contribution in [0.25, 0.3) is 0 Å². The molecule has 0 amide bonds. The molecule has 0 aromatic heterocycles. The molecule has 13 heavy (non-hydrogen) atoms. The lowest BCUT2D eigenvalue weighted by Crippen LogP contribution is -2.09. The van der Waals surface area contributed by atoms with Gasteiger partial charge in [-0.1, -0.05) is 13.0 Å². The van der Waals surface area contributed by atoms with Gasteiger partial charge < -0.3 is 16.2 Å². The van der Waals surface area contributed by atoms with Crippen molar-refractivity contribution in [3.8, 4) is 5.75 Å². The van der Waals surface area contributed by atoms with E-state index < -0.39 is 0 Å². The van der Waals surface area contributed by atoms with E-state index in [2.05, 4.69) is 0 Å². The monoisotopic (exact) mass is 180 g/mol. The molecule has 4 N–H and O–H groups in total. The maximum atomic E-state index is 5.86. The predicted molar refractivity (Wildman–Crippen MR) is 54.6 cm³/mol. The normalized spacial score (nSPS) is 12.5. The van der Waals surface area contributed by atoms with E-state index in [9.17, 15) is 0 Å². The molecule has 0 saturated heterocycles. The van der Waals surface area contributed by atoms with Crippen molar-refractivity contribution in [1.82, 2.24) is 0 Å². The van der Waals surface area contributed by atoms with Gasteiger partial charge in [-0.2, -0.15) is 0 Å². The quantitative estimate of drug-likeness (QED) is 0.696. The third-order valence-corrected chi connectivity index (χ3v) is 2.12. The van der Waals surface area contributed by atoms with Gasteiger partial charge in [0.25, 0.3) is 0 Å². The fourth-order valence-corrected chi connectivity index (χ4v) is 1.22. The van der Waals surface area contributed by atoms with Crippen LogP contribution in [0.1, 0.15) is 24.9 Å². The minimum atomic E-state index is 0.0632. The Morgan fingerprint density at radius 3 is 2.62 bits per heavy atom. The highest BCUT2D eigenvalue weighted by atomic mass is 16.5. The summed E-state index contributed by atoms with van der Waals surface area (Å²) in [4.78, 5) is 0. The summed E-state index contributed by atoms with van der Waals surface area (Å²) in [6.07, 6.45) is 0.909. The second kappa shape index (κ2) is 4.14. The van der Waals surface area contributed by atoms with Crippen LogP contribution in [0.15, 0.2) is 18.2 Å². The molecule has 0 aliphatic carbocycles. The van der Waals surface area contributed by atoms with E-state index in [0.29, 0.717) is 11.4 Å². The number of methoxy groups -OCH3 is 1. The Morgan fingerprint density at radius 2 is 2.15 bits per heavy atom. The Morgan fingerprint density at radius 1 is 1.46 bits per heavy atom. The fourth-order valence-electron chi connectivity index (χ4n) is 1.22. The Hall–Kier alpha value is -1.22. The first-order valence-corrected chi connectivity index (χ1v) is 4.38. The molecular formula is C10H16N2O. The van der Waals surface area contributed by atoms with Gasteiger partial charge in [-0.15, -0.1) is 0 Å². The molecule has 0 saturated carbocycles. The SMILES string of the molecule is CC[C@H](N)c1ccc(OC)c(N)c1. The molecule has 1 rings (SSSR count). The van der Waals surface area contributed by atoms with Crippen LogP contribution < -0.4 is 16.2 Å². The molecule has 0 aliphatic heterocycles. The van der Waals surface area contributed by atoms with Gasteiger partial charge in [0.2, 0.25) is 0 Å². The van der Waals surface area contributed by atoms with Crippen molar-refractivity contribution in [2.75, 3.05) is 12.8 Å². The summed E-state index contributed by atoms with van der Waals surface area (Å²) in [6, 6.07) is 5.73. The van der Waals surface area contributed by atoms with Crippen LogP contribution >= 0.6 is 0 Å². The summed E-state index contributed by atoms with van der Waals surface area (Å²) < 4.78 is 5.05. The van der Waals surface area contributed by atoms with Crippen molar-refractivity contribution >= 4 is 5.69 Å². The van der Waals surface area contributed by atoms with Crippen molar-refractivity contribution in [1.29, 1.82) is 0 Å². The number of anilines is 1. The maximum absolute atomic E-state index is 5.86. The van der Waals surface area contributed by atoms with Gasteiger partial charge in [0.05, 0.1) is 12.8 Å².